The fourth-order valence-corrected chi connectivity index (χ4v) is 5.51. The number of benzene rings is 1. The third-order valence-corrected chi connectivity index (χ3v) is 7.56. The van der Waals surface area contributed by atoms with Gasteiger partial charge in [0.15, 0.2) is 0 Å². The number of aryl methyl sites for hydroxylation is 1. The summed E-state index contributed by atoms with van der Waals surface area (Å²) >= 11 is 0. The molecule has 3 fully saturated rings. The number of amides is 3. The number of hydrogen-bond acceptors (Lipinski definition) is 3. The molecule has 1 saturated carbocycles. The third kappa shape index (κ3) is 5.33. The Labute approximate surface area is 191 Å². The first-order valence-corrected chi connectivity index (χ1v) is 12.5. The van der Waals surface area contributed by atoms with E-state index < -0.39 is 6.04 Å². The van der Waals surface area contributed by atoms with E-state index in [-0.39, 0.29) is 23.7 Å². The van der Waals surface area contributed by atoms with Gasteiger partial charge < -0.3 is 15.1 Å². The molecule has 0 spiro atoms. The van der Waals surface area contributed by atoms with Crippen LogP contribution >= 0.6 is 0 Å². The number of hydrogen-bond donors (Lipinski definition) is 1. The van der Waals surface area contributed by atoms with E-state index in [1.54, 1.807) is 0 Å². The number of carbonyl (C=O) groups excluding carboxylic acids is 3. The largest absolute Gasteiger partial charge is 0.342 e. The number of nitrogens with zero attached hydrogens (tertiary/aromatic N) is 2. The van der Waals surface area contributed by atoms with Crippen LogP contribution in [0.25, 0.3) is 0 Å². The summed E-state index contributed by atoms with van der Waals surface area (Å²) in [7, 11) is 0. The lowest BCUT2D eigenvalue weighted by Crippen LogP contribution is -2.55. The highest BCUT2D eigenvalue weighted by Crippen LogP contribution is 2.30. The summed E-state index contributed by atoms with van der Waals surface area (Å²) in [5.74, 6) is 0.407. The summed E-state index contributed by atoms with van der Waals surface area (Å²) in [5, 5.41) is 3.09. The standard InChI is InChI=1S/C26H37N3O3/c1-19-9-11-21(12-10-19)24(30)27-23(26(32)28-15-5-2-6-16-28)20-13-17-29(18-14-20)25(31)22-7-3-4-8-22/h9-12,20,22-23H,2-8,13-18H2,1H3,(H,27,30)/t23-/m1/s1. The summed E-state index contributed by atoms with van der Waals surface area (Å²) in [6, 6.07) is 6.95. The maximum atomic E-state index is 13.5. The summed E-state index contributed by atoms with van der Waals surface area (Å²) in [5.41, 5.74) is 1.68. The average molecular weight is 440 g/mol. The number of likely N-dealkylation sites (tertiary alicyclic amines) is 2. The van der Waals surface area contributed by atoms with Crippen molar-refractivity contribution in [3.8, 4) is 0 Å². The summed E-state index contributed by atoms with van der Waals surface area (Å²) in [6.45, 7) is 4.91. The predicted octanol–water partition coefficient (Wildman–Crippen LogP) is 3.53. The topological polar surface area (TPSA) is 69.7 Å². The van der Waals surface area contributed by atoms with Gasteiger partial charge in [-0.05, 0) is 69.9 Å². The highest BCUT2D eigenvalue weighted by atomic mass is 16.2. The number of carbonyl (C=O) groups is 3. The van der Waals surface area contributed by atoms with Crippen molar-refractivity contribution in [3.63, 3.8) is 0 Å². The van der Waals surface area contributed by atoms with Gasteiger partial charge in [-0.1, -0.05) is 30.5 Å². The summed E-state index contributed by atoms with van der Waals surface area (Å²) < 4.78 is 0. The van der Waals surface area contributed by atoms with Crippen molar-refractivity contribution in [2.24, 2.45) is 11.8 Å². The minimum atomic E-state index is -0.523. The molecule has 32 heavy (non-hydrogen) atoms. The zero-order valence-electron chi connectivity index (χ0n) is 19.4. The van der Waals surface area contributed by atoms with Gasteiger partial charge >= 0.3 is 0 Å². The van der Waals surface area contributed by atoms with Crippen LogP contribution in [-0.4, -0.2) is 59.7 Å². The maximum Gasteiger partial charge on any atom is 0.251 e. The zero-order chi connectivity index (χ0) is 22.5. The van der Waals surface area contributed by atoms with E-state index in [1.807, 2.05) is 41.0 Å². The minimum absolute atomic E-state index is 0.0470. The van der Waals surface area contributed by atoms with Crippen LogP contribution in [0.3, 0.4) is 0 Å². The summed E-state index contributed by atoms with van der Waals surface area (Å²) in [4.78, 5) is 43.2. The quantitative estimate of drug-likeness (QED) is 0.763. The first-order chi connectivity index (χ1) is 15.5. The minimum Gasteiger partial charge on any atom is -0.342 e. The van der Waals surface area contributed by atoms with E-state index in [1.165, 1.54) is 0 Å². The predicted molar refractivity (Wildman–Crippen MR) is 124 cm³/mol. The third-order valence-electron chi connectivity index (χ3n) is 7.56. The molecule has 6 nitrogen and oxygen atoms in total. The molecule has 2 heterocycles. The number of rotatable bonds is 5. The van der Waals surface area contributed by atoms with Crippen LogP contribution in [0.4, 0.5) is 0 Å². The molecular formula is C26H37N3O3. The fraction of sp³-hybridized carbons (Fsp3) is 0.654. The Bertz CT molecular complexity index is 802. The van der Waals surface area contributed by atoms with E-state index in [9.17, 15) is 14.4 Å². The Kier molecular flexibility index (Phi) is 7.48. The monoisotopic (exact) mass is 439 g/mol. The molecule has 3 amide bonds. The van der Waals surface area contributed by atoms with Gasteiger partial charge in [0, 0.05) is 37.7 Å². The molecule has 4 rings (SSSR count). The molecule has 1 aliphatic carbocycles. The van der Waals surface area contributed by atoms with E-state index in [0.717, 1.165) is 76.4 Å². The molecule has 0 radical (unpaired) electrons. The van der Waals surface area contributed by atoms with Gasteiger partial charge in [-0.2, -0.15) is 0 Å². The summed E-state index contributed by atoms with van der Waals surface area (Å²) in [6.07, 6.45) is 9.08. The molecule has 1 atom stereocenters. The van der Waals surface area contributed by atoms with Crippen LogP contribution in [0.1, 0.15) is 73.7 Å². The fourth-order valence-electron chi connectivity index (χ4n) is 5.51. The second-order valence-electron chi connectivity index (χ2n) is 9.85. The number of nitrogens with one attached hydrogen (secondary N) is 1. The highest BCUT2D eigenvalue weighted by molar-refractivity contribution is 5.97. The van der Waals surface area contributed by atoms with Gasteiger partial charge in [0.1, 0.15) is 6.04 Å². The van der Waals surface area contributed by atoms with Crippen molar-refractivity contribution < 1.29 is 14.4 Å². The Balaban J connectivity index is 1.43. The van der Waals surface area contributed by atoms with Gasteiger partial charge in [0.25, 0.3) is 5.91 Å². The Morgan fingerprint density at radius 2 is 1.44 bits per heavy atom. The van der Waals surface area contributed by atoms with Gasteiger partial charge in [0.2, 0.25) is 11.8 Å². The van der Waals surface area contributed by atoms with Crippen LogP contribution in [0.5, 0.6) is 0 Å². The van der Waals surface area contributed by atoms with Gasteiger partial charge in [0.05, 0.1) is 0 Å². The molecule has 0 unspecified atom stereocenters. The molecule has 2 aliphatic heterocycles. The first-order valence-electron chi connectivity index (χ1n) is 12.5. The molecule has 0 bridgehead atoms. The second kappa shape index (κ2) is 10.5. The molecule has 1 aromatic carbocycles. The van der Waals surface area contributed by atoms with Crippen LogP contribution in [0.2, 0.25) is 0 Å². The van der Waals surface area contributed by atoms with E-state index in [2.05, 4.69) is 5.32 Å². The maximum absolute atomic E-state index is 13.5. The molecule has 3 aliphatic rings. The van der Waals surface area contributed by atoms with Gasteiger partial charge in [-0.3, -0.25) is 14.4 Å². The molecule has 0 aromatic heterocycles. The molecule has 1 N–H and O–H groups in total. The first kappa shape index (κ1) is 22.8. The molecule has 174 valence electrons. The molecular weight excluding hydrogens is 402 g/mol. The van der Waals surface area contributed by atoms with E-state index in [0.29, 0.717) is 24.6 Å². The molecule has 1 aromatic rings. The Hall–Kier alpha value is -2.37. The lowest BCUT2D eigenvalue weighted by atomic mass is 9.87. The van der Waals surface area contributed by atoms with E-state index >= 15 is 0 Å². The van der Waals surface area contributed by atoms with Crippen molar-refractivity contribution in [1.82, 2.24) is 15.1 Å². The van der Waals surface area contributed by atoms with E-state index in [4.69, 9.17) is 0 Å². The lowest BCUT2D eigenvalue weighted by molar-refractivity contribution is -0.138. The van der Waals surface area contributed by atoms with Crippen LogP contribution in [0, 0.1) is 18.8 Å². The van der Waals surface area contributed by atoms with Gasteiger partial charge in [-0.15, -0.1) is 0 Å². The number of piperidine rings is 2. The second-order valence-corrected chi connectivity index (χ2v) is 9.85. The smallest absolute Gasteiger partial charge is 0.251 e. The Morgan fingerprint density at radius 1 is 0.812 bits per heavy atom. The van der Waals surface area contributed by atoms with Gasteiger partial charge in [-0.25, -0.2) is 0 Å². The van der Waals surface area contributed by atoms with Crippen molar-refractivity contribution >= 4 is 17.7 Å². The van der Waals surface area contributed by atoms with Crippen molar-refractivity contribution in [2.75, 3.05) is 26.2 Å². The normalized spacial score (nSPS) is 21.4. The van der Waals surface area contributed by atoms with Crippen LogP contribution in [0.15, 0.2) is 24.3 Å². The molecule has 6 heteroatoms. The SMILES string of the molecule is Cc1ccc(C(=O)N[C@@H](C(=O)N2CCCCC2)C2CCN(C(=O)C3CCCC3)CC2)cc1. The van der Waals surface area contributed by atoms with Crippen molar-refractivity contribution in [3.05, 3.63) is 35.4 Å². The van der Waals surface area contributed by atoms with Crippen LogP contribution < -0.4 is 5.32 Å². The zero-order valence-corrected chi connectivity index (χ0v) is 19.4. The lowest BCUT2D eigenvalue weighted by Gasteiger charge is -2.39. The average Bonchev–Trinajstić information content (AvgIpc) is 3.38. The van der Waals surface area contributed by atoms with Crippen molar-refractivity contribution in [2.45, 2.75) is 70.8 Å². The molecule has 2 saturated heterocycles. The van der Waals surface area contributed by atoms with Crippen LogP contribution in [-0.2, 0) is 9.59 Å². The Morgan fingerprint density at radius 3 is 2.06 bits per heavy atom. The highest BCUT2D eigenvalue weighted by Gasteiger charge is 2.37. The van der Waals surface area contributed by atoms with Crippen molar-refractivity contribution in [1.29, 1.82) is 0 Å².